The maximum absolute atomic E-state index is 6.44. The second kappa shape index (κ2) is 6.58. The van der Waals surface area contributed by atoms with Crippen LogP contribution in [0.3, 0.4) is 0 Å². The van der Waals surface area contributed by atoms with Crippen LogP contribution < -0.4 is 0 Å². The van der Waals surface area contributed by atoms with E-state index in [0.29, 0.717) is 0 Å². The van der Waals surface area contributed by atoms with E-state index >= 15 is 0 Å². The van der Waals surface area contributed by atoms with E-state index < -0.39 is 0 Å². The van der Waals surface area contributed by atoms with E-state index in [-0.39, 0.29) is 10.3 Å². The van der Waals surface area contributed by atoms with Gasteiger partial charge in [-0.3, -0.25) is 0 Å². The molecule has 1 unspecified atom stereocenters. The fraction of sp³-hybridized carbons (Fsp3) is 0.579. The normalized spacial score (nSPS) is 25.7. The molecule has 0 radical (unpaired) electrons. The van der Waals surface area contributed by atoms with Gasteiger partial charge < -0.3 is 4.74 Å². The smallest absolute Gasteiger partial charge is 0.143 e. The largest absolute Gasteiger partial charge is 0.360 e. The van der Waals surface area contributed by atoms with Crippen molar-refractivity contribution in [2.45, 2.75) is 58.8 Å². The van der Waals surface area contributed by atoms with Crippen LogP contribution in [-0.2, 0) is 4.74 Å². The van der Waals surface area contributed by atoms with Crippen LogP contribution in [0.15, 0.2) is 46.4 Å². The van der Waals surface area contributed by atoms with E-state index in [1.807, 2.05) is 11.8 Å². The van der Waals surface area contributed by atoms with Crippen LogP contribution in [0.4, 0.5) is 0 Å². The number of rotatable bonds is 5. The summed E-state index contributed by atoms with van der Waals surface area (Å²) in [5, 5.41) is 0. The van der Waals surface area contributed by atoms with Gasteiger partial charge in [-0.1, -0.05) is 75.4 Å². The van der Waals surface area contributed by atoms with Crippen molar-refractivity contribution >= 4 is 11.8 Å². The zero-order chi connectivity index (χ0) is 15.5. The summed E-state index contributed by atoms with van der Waals surface area (Å²) in [7, 11) is 0. The zero-order valence-corrected chi connectivity index (χ0v) is 14.8. The van der Waals surface area contributed by atoms with Gasteiger partial charge in [0.15, 0.2) is 0 Å². The first-order chi connectivity index (χ1) is 9.87. The molecule has 0 aromatic carbocycles. The molecule has 0 aliphatic heterocycles. The molecular weight excluding hydrogens is 276 g/mol. The van der Waals surface area contributed by atoms with E-state index in [2.05, 4.69) is 65.0 Å². The summed E-state index contributed by atoms with van der Waals surface area (Å²) < 4.78 is 6.44. The second-order valence-corrected chi connectivity index (χ2v) is 8.24. The fourth-order valence-electron chi connectivity index (χ4n) is 2.82. The Hall–Kier alpha value is -0.730. The van der Waals surface area contributed by atoms with E-state index in [0.717, 1.165) is 25.9 Å². The Morgan fingerprint density at radius 3 is 2.62 bits per heavy atom. The van der Waals surface area contributed by atoms with Gasteiger partial charge in [0.1, 0.15) is 4.93 Å². The lowest BCUT2D eigenvalue weighted by Gasteiger charge is -2.43. The lowest BCUT2D eigenvalue weighted by molar-refractivity contribution is 0.0409. The molecule has 0 saturated heterocycles. The molecule has 0 amide bonds. The quantitative estimate of drug-likeness (QED) is 0.575. The monoisotopic (exact) mass is 304 g/mol. The average Bonchev–Trinajstić information content (AvgIpc) is 2.91. The molecule has 0 fully saturated rings. The molecule has 0 aromatic rings. The van der Waals surface area contributed by atoms with Crippen LogP contribution in [0, 0.1) is 5.41 Å². The lowest BCUT2D eigenvalue weighted by atomic mass is 9.78. The highest BCUT2D eigenvalue weighted by molar-refractivity contribution is 8.04. The first-order valence-corrected chi connectivity index (χ1v) is 8.78. The third-order valence-corrected chi connectivity index (χ3v) is 5.22. The minimum absolute atomic E-state index is 0.110. The molecule has 0 saturated carbocycles. The number of thioether (sulfide) groups is 1. The highest BCUT2D eigenvalue weighted by atomic mass is 32.2. The first-order valence-electron chi connectivity index (χ1n) is 7.96. The molecule has 2 rings (SSSR count). The first kappa shape index (κ1) is 16.6. The van der Waals surface area contributed by atoms with Crippen LogP contribution >= 0.6 is 11.8 Å². The highest BCUT2D eigenvalue weighted by Crippen LogP contribution is 2.51. The Morgan fingerprint density at radius 1 is 1.29 bits per heavy atom. The molecule has 2 heteroatoms. The maximum Gasteiger partial charge on any atom is 0.143 e. The van der Waals surface area contributed by atoms with Gasteiger partial charge in [-0.25, -0.2) is 0 Å². The zero-order valence-electron chi connectivity index (χ0n) is 14.0. The van der Waals surface area contributed by atoms with Crippen molar-refractivity contribution < 1.29 is 4.74 Å². The third kappa shape index (κ3) is 3.92. The predicted octanol–water partition coefficient (Wildman–Crippen LogP) is 6.01. The molecule has 2 aliphatic rings. The number of allylic oxidation sites excluding steroid dienone is 5. The van der Waals surface area contributed by atoms with Crippen molar-refractivity contribution in [3.63, 3.8) is 0 Å². The average molecular weight is 304 g/mol. The number of hydrogen-bond acceptors (Lipinski definition) is 2. The topological polar surface area (TPSA) is 9.23 Å². The number of ether oxygens (including phenoxy) is 1. The van der Waals surface area contributed by atoms with Gasteiger partial charge in [-0.15, -0.1) is 0 Å². The molecule has 0 aromatic heterocycles. The Labute approximate surface area is 134 Å². The molecule has 21 heavy (non-hydrogen) atoms. The minimum atomic E-state index is -0.242. The van der Waals surface area contributed by atoms with Crippen molar-refractivity contribution in [1.29, 1.82) is 0 Å². The van der Waals surface area contributed by atoms with Gasteiger partial charge >= 0.3 is 0 Å². The molecular formula is C19H28OS. The van der Waals surface area contributed by atoms with Gasteiger partial charge in [0.2, 0.25) is 0 Å². The van der Waals surface area contributed by atoms with Crippen LogP contribution in [0.2, 0.25) is 0 Å². The molecule has 2 aliphatic carbocycles. The summed E-state index contributed by atoms with van der Waals surface area (Å²) in [5.41, 5.74) is 2.88. The predicted molar refractivity (Wildman–Crippen MR) is 94.3 cm³/mol. The van der Waals surface area contributed by atoms with E-state index in [4.69, 9.17) is 4.74 Å². The summed E-state index contributed by atoms with van der Waals surface area (Å²) >= 11 is 1.89. The van der Waals surface area contributed by atoms with Crippen LogP contribution in [0.5, 0.6) is 0 Å². The molecule has 116 valence electrons. The summed E-state index contributed by atoms with van der Waals surface area (Å²) in [4.78, 5) is 1.10. The van der Waals surface area contributed by atoms with Gasteiger partial charge in [0, 0.05) is 17.9 Å². The van der Waals surface area contributed by atoms with Gasteiger partial charge in [0.25, 0.3) is 0 Å². The molecule has 0 N–H and O–H groups in total. The Bertz CT molecular complexity index is 502. The lowest BCUT2D eigenvalue weighted by Crippen LogP contribution is -2.38. The van der Waals surface area contributed by atoms with E-state index in [1.165, 1.54) is 16.1 Å². The second-order valence-electron chi connectivity index (χ2n) is 6.91. The highest BCUT2D eigenvalue weighted by Gasteiger charge is 2.42. The van der Waals surface area contributed by atoms with Gasteiger partial charge in [0.05, 0.1) is 0 Å². The fourth-order valence-corrected chi connectivity index (χ4v) is 4.33. The van der Waals surface area contributed by atoms with Gasteiger partial charge in [-0.2, -0.15) is 0 Å². The van der Waals surface area contributed by atoms with Crippen LogP contribution in [-0.4, -0.2) is 11.5 Å². The van der Waals surface area contributed by atoms with Crippen molar-refractivity contribution in [2.75, 3.05) is 6.61 Å². The summed E-state index contributed by atoms with van der Waals surface area (Å²) in [6, 6.07) is 0. The van der Waals surface area contributed by atoms with Crippen molar-refractivity contribution in [3.8, 4) is 0 Å². The van der Waals surface area contributed by atoms with Gasteiger partial charge in [-0.05, 0) is 30.8 Å². The summed E-state index contributed by atoms with van der Waals surface area (Å²) in [5.74, 6) is 0. The summed E-state index contributed by atoms with van der Waals surface area (Å²) in [6.45, 7) is 12.1. The van der Waals surface area contributed by atoms with Crippen molar-refractivity contribution in [2.24, 2.45) is 5.41 Å². The molecule has 0 bridgehead atoms. The SMILES string of the molecule is CCCOC1(SC2=CCC=C2)CC=C(C)C=C1C(C)(C)C. The van der Waals surface area contributed by atoms with Crippen molar-refractivity contribution in [1.82, 2.24) is 0 Å². The molecule has 0 spiro atoms. The minimum Gasteiger partial charge on any atom is -0.360 e. The van der Waals surface area contributed by atoms with E-state index in [9.17, 15) is 0 Å². The van der Waals surface area contributed by atoms with Crippen LogP contribution in [0.25, 0.3) is 0 Å². The third-order valence-electron chi connectivity index (χ3n) is 3.84. The Morgan fingerprint density at radius 2 is 2.05 bits per heavy atom. The Balaban J connectivity index is 2.37. The number of hydrogen-bond donors (Lipinski definition) is 0. The maximum atomic E-state index is 6.44. The molecule has 0 heterocycles. The molecule has 1 atom stereocenters. The van der Waals surface area contributed by atoms with Crippen molar-refractivity contribution in [3.05, 3.63) is 46.4 Å². The van der Waals surface area contributed by atoms with E-state index in [1.54, 1.807) is 0 Å². The standard InChI is InChI=1S/C19H28OS/c1-6-13-20-19(21-16-9-7-8-10-16)12-11-15(2)14-17(19)18(3,4)5/h7,9-11,14H,6,8,12-13H2,1-5H3. The Kier molecular flexibility index (Phi) is 5.21. The van der Waals surface area contributed by atoms with Crippen LogP contribution in [0.1, 0.15) is 53.9 Å². The summed E-state index contributed by atoms with van der Waals surface area (Å²) in [6.07, 6.45) is 14.5. The molecule has 1 nitrogen and oxygen atoms in total.